The summed E-state index contributed by atoms with van der Waals surface area (Å²) in [5.74, 6) is -1.06. The lowest BCUT2D eigenvalue weighted by atomic mass is 9.75. The number of aliphatic carboxylic acids is 1. The van der Waals surface area contributed by atoms with E-state index in [2.05, 4.69) is 13.8 Å². The summed E-state index contributed by atoms with van der Waals surface area (Å²) in [6, 6.07) is 19.4. The predicted molar refractivity (Wildman–Crippen MR) is 80.8 cm³/mol. The van der Waals surface area contributed by atoms with E-state index in [0.717, 1.165) is 11.1 Å². The van der Waals surface area contributed by atoms with Gasteiger partial charge in [-0.2, -0.15) is 0 Å². The van der Waals surface area contributed by atoms with Crippen LogP contribution >= 0.6 is 0 Å². The molecule has 0 aliphatic rings. The summed E-state index contributed by atoms with van der Waals surface area (Å²) in [7, 11) is 0. The smallest absolute Gasteiger partial charge is 0.311 e. The highest BCUT2D eigenvalue weighted by molar-refractivity contribution is 5.77. The number of carboxylic acids is 1. The number of hydrogen-bond acceptors (Lipinski definition) is 1. The average molecular weight is 268 g/mol. The fraction of sp³-hybridized carbons (Fsp3) is 0.278. The van der Waals surface area contributed by atoms with Crippen molar-refractivity contribution < 1.29 is 9.90 Å². The average Bonchev–Trinajstić information content (AvgIpc) is 2.45. The SMILES string of the molecule is CC(C)C(c1ccccc1)C(C(=O)O)c1ccccc1. The van der Waals surface area contributed by atoms with Crippen molar-refractivity contribution in [1.29, 1.82) is 0 Å². The molecule has 1 N–H and O–H groups in total. The minimum atomic E-state index is -0.765. The number of carboxylic acid groups (broad SMARTS) is 1. The van der Waals surface area contributed by atoms with Gasteiger partial charge in [-0.05, 0) is 17.0 Å². The molecule has 0 saturated heterocycles. The molecule has 0 fully saturated rings. The molecule has 0 aromatic heterocycles. The molecular formula is C18H20O2. The summed E-state index contributed by atoms with van der Waals surface area (Å²) in [5, 5.41) is 9.71. The van der Waals surface area contributed by atoms with Crippen LogP contribution in [0.3, 0.4) is 0 Å². The van der Waals surface area contributed by atoms with Crippen molar-refractivity contribution in [2.75, 3.05) is 0 Å². The van der Waals surface area contributed by atoms with Crippen molar-refractivity contribution >= 4 is 5.97 Å². The molecule has 0 heterocycles. The maximum absolute atomic E-state index is 11.8. The molecule has 0 aliphatic heterocycles. The quantitative estimate of drug-likeness (QED) is 0.878. The van der Waals surface area contributed by atoms with Crippen LogP contribution in [0.5, 0.6) is 0 Å². The van der Waals surface area contributed by atoms with Crippen molar-refractivity contribution in [3.8, 4) is 0 Å². The fourth-order valence-electron chi connectivity index (χ4n) is 2.80. The monoisotopic (exact) mass is 268 g/mol. The van der Waals surface area contributed by atoms with Crippen LogP contribution in [0, 0.1) is 5.92 Å². The Kier molecular flexibility index (Phi) is 4.57. The van der Waals surface area contributed by atoms with Crippen molar-refractivity contribution in [2.45, 2.75) is 25.7 Å². The van der Waals surface area contributed by atoms with Gasteiger partial charge in [-0.1, -0.05) is 74.5 Å². The maximum Gasteiger partial charge on any atom is 0.311 e. The predicted octanol–water partition coefficient (Wildman–Crippen LogP) is 4.29. The lowest BCUT2D eigenvalue weighted by molar-refractivity contribution is -0.139. The van der Waals surface area contributed by atoms with Gasteiger partial charge in [0.25, 0.3) is 0 Å². The summed E-state index contributed by atoms with van der Waals surface area (Å²) < 4.78 is 0. The molecule has 0 amide bonds. The van der Waals surface area contributed by atoms with Gasteiger partial charge in [0.05, 0.1) is 5.92 Å². The molecule has 0 bridgehead atoms. The fourth-order valence-corrected chi connectivity index (χ4v) is 2.80. The number of carbonyl (C=O) groups is 1. The third-order valence-corrected chi connectivity index (χ3v) is 3.69. The number of benzene rings is 2. The van der Waals surface area contributed by atoms with Crippen LogP contribution in [-0.2, 0) is 4.79 Å². The standard InChI is InChI=1S/C18H20O2/c1-13(2)16(14-9-5-3-6-10-14)17(18(19)20)15-11-7-4-8-12-15/h3-13,16-17H,1-2H3,(H,19,20). The Morgan fingerprint density at radius 1 is 0.850 bits per heavy atom. The van der Waals surface area contributed by atoms with Crippen LogP contribution < -0.4 is 0 Å². The van der Waals surface area contributed by atoms with Gasteiger partial charge < -0.3 is 5.11 Å². The van der Waals surface area contributed by atoms with Gasteiger partial charge in [-0.3, -0.25) is 4.79 Å². The topological polar surface area (TPSA) is 37.3 Å². The Morgan fingerprint density at radius 2 is 1.30 bits per heavy atom. The molecule has 0 radical (unpaired) electrons. The Hall–Kier alpha value is -2.09. The molecule has 2 heteroatoms. The first-order chi connectivity index (χ1) is 9.61. The van der Waals surface area contributed by atoms with Crippen molar-refractivity contribution in [2.24, 2.45) is 5.92 Å². The number of hydrogen-bond donors (Lipinski definition) is 1. The van der Waals surface area contributed by atoms with E-state index in [1.165, 1.54) is 0 Å². The van der Waals surface area contributed by atoms with Gasteiger partial charge in [0, 0.05) is 5.92 Å². The molecule has 104 valence electrons. The van der Waals surface area contributed by atoms with E-state index in [1.807, 2.05) is 60.7 Å². The molecule has 2 atom stereocenters. The molecule has 2 rings (SSSR count). The molecular weight excluding hydrogens is 248 g/mol. The molecule has 2 aromatic rings. The maximum atomic E-state index is 11.8. The van der Waals surface area contributed by atoms with Gasteiger partial charge in [-0.25, -0.2) is 0 Å². The normalized spacial score (nSPS) is 13.9. The summed E-state index contributed by atoms with van der Waals surface area (Å²) >= 11 is 0. The Balaban J connectivity index is 2.47. The van der Waals surface area contributed by atoms with Crippen LogP contribution in [0.15, 0.2) is 60.7 Å². The minimum absolute atomic E-state index is 0.0314. The van der Waals surface area contributed by atoms with E-state index in [4.69, 9.17) is 0 Å². The van der Waals surface area contributed by atoms with Crippen molar-refractivity contribution in [3.05, 3.63) is 71.8 Å². The van der Waals surface area contributed by atoms with E-state index in [1.54, 1.807) is 0 Å². The highest BCUT2D eigenvalue weighted by atomic mass is 16.4. The molecule has 0 aliphatic carbocycles. The van der Waals surface area contributed by atoms with Gasteiger partial charge in [0.1, 0.15) is 0 Å². The summed E-state index contributed by atoms with van der Waals surface area (Å²) in [6.45, 7) is 4.16. The lowest BCUT2D eigenvalue weighted by Gasteiger charge is -2.28. The Bertz CT molecular complexity index is 546. The Morgan fingerprint density at radius 3 is 1.70 bits per heavy atom. The first-order valence-electron chi connectivity index (χ1n) is 6.94. The lowest BCUT2D eigenvalue weighted by Crippen LogP contribution is -2.24. The second kappa shape index (κ2) is 6.38. The largest absolute Gasteiger partial charge is 0.481 e. The second-order valence-electron chi connectivity index (χ2n) is 5.41. The molecule has 2 unspecified atom stereocenters. The molecule has 0 spiro atoms. The van der Waals surface area contributed by atoms with E-state index in [-0.39, 0.29) is 11.8 Å². The Labute approximate surface area is 120 Å². The second-order valence-corrected chi connectivity index (χ2v) is 5.41. The minimum Gasteiger partial charge on any atom is -0.481 e. The zero-order valence-electron chi connectivity index (χ0n) is 11.9. The molecule has 0 saturated carbocycles. The van der Waals surface area contributed by atoms with Crippen molar-refractivity contribution in [3.63, 3.8) is 0 Å². The first kappa shape index (κ1) is 14.3. The molecule has 2 aromatic carbocycles. The third kappa shape index (κ3) is 3.08. The van der Waals surface area contributed by atoms with Crippen LogP contribution in [0.25, 0.3) is 0 Å². The molecule has 20 heavy (non-hydrogen) atoms. The summed E-state index contributed by atoms with van der Waals surface area (Å²) in [6.07, 6.45) is 0. The zero-order chi connectivity index (χ0) is 14.5. The van der Waals surface area contributed by atoms with Gasteiger partial charge >= 0.3 is 5.97 Å². The van der Waals surface area contributed by atoms with Crippen LogP contribution in [0.4, 0.5) is 0 Å². The summed E-state index contributed by atoms with van der Waals surface area (Å²) in [4.78, 5) is 11.8. The van der Waals surface area contributed by atoms with E-state index < -0.39 is 11.9 Å². The van der Waals surface area contributed by atoms with E-state index in [9.17, 15) is 9.90 Å². The number of rotatable bonds is 5. The van der Waals surface area contributed by atoms with Gasteiger partial charge in [0.15, 0.2) is 0 Å². The third-order valence-electron chi connectivity index (χ3n) is 3.69. The molecule has 2 nitrogen and oxygen atoms in total. The van der Waals surface area contributed by atoms with E-state index >= 15 is 0 Å². The summed E-state index contributed by atoms with van der Waals surface area (Å²) in [5.41, 5.74) is 1.95. The van der Waals surface area contributed by atoms with Crippen molar-refractivity contribution in [1.82, 2.24) is 0 Å². The van der Waals surface area contributed by atoms with Crippen LogP contribution in [0.1, 0.15) is 36.8 Å². The van der Waals surface area contributed by atoms with Gasteiger partial charge in [-0.15, -0.1) is 0 Å². The van der Waals surface area contributed by atoms with Gasteiger partial charge in [0.2, 0.25) is 0 Å². The highest BCUT2D eigenvalue weighted by Gasteiger charge is 2.32. The zero-order valence-corrected chi connectivity index (χ0v) is 11.9. The van der Waals surface area contributed by atoms with E-state index in [0.29, 0.717) is 0 Å². The van der Waals surface area contributed by atoms with Crippen LogP contribution in [0.2, 0.25) is 0 Å². The highest BCUT2D eigenvalue weighted by Crippen LogP contribution is 2.38. The van der Waals surface area contributed by atoms with Crippen LogP contribution in [-0.4, -0.2) is 11.1 Å². The first-order valence-corrected chi connectivity index (χ1v) is 6.94.